The second-order valence-electron chi connectivity index (χ2n) is 4.63. The molecule has 2 N–H and O–H groups in total. The van der Waals surface area contributed by atoms with Gasteiger partial charge in [-0.05, 0) is 18.6 Å². The van der Waals surface area contributed by atoms with Crippen molar-refractivity contribution in [3.63, 3.8) is 0 Å². The number of imidazole rings is 1. The maximum absolute atomic E-state index is 5.82. The summed E-state index contributed by atoms with van der Waals surface area (Å²) in [5.74, 6) is 1.01. The van der Waals surface area contributed by atoms with Crippen LogP contribution in [0.5, 0.6) is 0 Å². The van der Waals surface area contributed by atoms with Crippen molar-refractivity contribution in [3.8, 4) is 11.4 Å². The molecular formula is C15H21N3. The number of nitrogens with two attached hydrogens (primary N) is 1. The van der Waals surface area contributed by atoms with Gasteiger partial charge in [-0.2, -0.15) is 0 Å². The van der Waals surface area contributed by atoms with E-state index in [0.29, 0.717) is 0 Å². The summed E-state index contributed by atoms with van der Waals surface area (Å²) >= 11 is 0. The van der Waals surface area contributed by atoms with Crippen molar-refractivity contribution in [3.05, 3.63) is 36.7 Å². The topological polar surface area (TPSA) is 43.8 Å². The van der Waals surface area contributed by atoms with Crippen LogP contribution in [0.1, 0.15) is 32.6 Å². The molecule has 0 radical (unpaired) electrons. The molecule has 0 unspecified atom stereocenters. The Kier molecular flexibility index (Phi) is 4.40. The number of aryl methyl sites for hydroxylation is 1. The van der Waals surface area contributed by atoms with Gasteiger partial charge in [-0.15, -0.1) is 0 Å². The van der Waals surface area contributed by atoms with Crippen LogP contribution in [-0.2, 0) is 6.54 Å². The second-order valence-corrected chi connectivity index (χ2v) is 4.63. The third-order valence-corrected chi connectivity index (χ3v) is 3.11. The lowest BCUT2D eigenvalue weighted by molar-refractivity contribution is 0.586. The average Bonchev–Trinajstić information content (AvgIpc) is 2.83. The highest BCUT2D eigenvalue weighted by Crippen LogP contribution is 2.20. The predicted octanol–water partition coefficient (Wildman–Crippen LogP) is 3.71. The van der Waals surface area contributed by atoms with Crippen LogP contribution in [0.25, 0.3) is 11.4 Å². The number of hydrogen-bond donors (Lipinski definition) is 1. The summed E-state index contributed by atoms with van der Waals surface area (Å²) in [5.41, 5.74) is 7.70. The molecule has 0 aliphatic heterocycles. The Bertz CT molecular complexity index is 488. The lowest BCUT2D eigenvalue weighted by atomic mass is 10.2. The van der Waals surface area contributed by atoms with Crippen LogP contribution in [0, 0.1) is 0 Å². The fraction of sp³-hybridized carbons (Fsp3) is 0.400. The zero-order valence-electron chi connectivity index (χ0n) is 11.0. The Hall–Kier alpha value is -1.77. The van der Waals surface area contributed by atoms with Crippen molar-refractivity contribution in [1.82, 2.24) is 9.55 Å². The van der Waals surface area contributed by atoms with Gasteiger partial charge in [0.25, 0.3) is 0 Å². The van der Waals surface area contributed by atoms with Crippen molar-refractivity contribution < 1.29 is 0 Å². The summed E-state index contributed by atoms with van der Waals surface area (Å²) in [6.07, 6.45) is 8.97. The molecule has 0 amide bonds. The molecule has 1 heterocycles. The van der Waals surface area contributed by atoms with Crippen LogP contribution in [0.3, 0.4) is 0 Å². The van der Waals surface area contributed by atoms with Crippen molar-refractivity contribution >= 4 is 5.69 Å². The zero-order valence-corrected chi connectivity index (χ0v) is 11.0. The first kappa shape index (κ1) is 12.7. The van der Waals surface area contributed by atoms with E-state index in [1.54, 1.807) is 0 Å². The van der Waals surface area contributed by atoms with Crippen LogP contribution in [0.15, 0.2) is 36.7 Å². The molecule has 18 heavy (non-hydrogen) atoms. The average molecular weight is 243 g/mol. The van der Waals surface area contributed by atoms with E-state index in [2.05, 4.69) is 22.5 Å². The van der Waals surface area contributed by atoms with Crippen molar-refractivity contribution in [2.45, 2.75) is 39.2 Å². The van der Waals surface area contributed by atoms with E-state index in [9.17, 15) is 0 Å². The number of unbranched alkanes of at least 4 members (excludes halogenated alkanes) is 3. The SMILES string of the molecule is CCCCCCn1ccnc1-c1cccc(N)c1. The Morgan fingerprint density at radius 3 is 2.89 bits per heavy atom. The second kappa shape index (κ2) is 6.24. The van der Waals surface area contributed by atoms with Crippen LogP contribution in [0.4, 0.5) is 5.69 Å². The normalized spacial score (nSPS) is 10.7. The fourth-order valence-electron chi connectivity index (χ4n) is 2.14. The van der Waals surface area contributed by atoms with Gasteiger partial charge in [0.15, 0.2) is 0 Å². The molecule has 0 fully saturated rings. The third-order valence-electron chi connectivity index (χ3n) is 3.11. The molecular weight excluding hydrogens is 222 g/mol. The van der Waals surface area contributed by atoms with E-state index in [1.165, 1.54) is 25.7 Å². The highest BCUT2D eigenvalue weighted by atomic mass is 15.1. The van der Waals surface area contributed by atoms with E-state index < -0.39 is 0 Å². The summed E-state index contributed by atoms with van der Waals surface area (Å²) in [5, 5.41) is 0. The minimum Gasteiger partial charge on any atom is -0.399 e. The highest BCUT2D eigenvalue weighted by molar-refractivity contribution is 5.61. The van der Waals surface area contributed by atoms with Gasteiger partial charge in [0, 0.05) is 30.2 Å². The monoisotopic (exact) mass is 243 g/mol. The summed E-state index contributed by atoms with van der Waals surface area (Å²) in [6.45, 7) is 3.26. The minimum atomic E-state index is 0.785. The van der Waals surface area contributed by atoms with Crippen LogP contribution >= 0.6 is 0 Å². The number of hydrogen-bond acceptors (Lipinski definition) is 2. The Morgan fingerprint density at radius 1 is 1.22 bits per heavy atom. The first-order valence-corrected chi connectivity index (χ1v) is 6.68. The maximum atomic E-state index is 5.82. The summed E-state index contributed by atoms with van der Waals surface area (Å²) < 4.78 is 2.21. The number of nitrogens with zero attached hydrogens (tertiary/aromatic N) is 2. The van der Waals surface area contributed by atoms with E-state index in [4.69, 9.17) is 5.73 Å². The molecule has 0 spiro atoms. The first-order chi connectivity index (χ1) is 8.81. The molecule has 2 aromatic rings. The Labute approximate surface area is 109 Å². The van der Waals surface area contributed by atoms with Gasteiger partial charge in [0.2, 0.25) is 0 Å². The number of anilines is 1. The lowest BCUT2D eigenvalue weighted by Gasteiger charge is -2.08. The highest BCUT2D eigenvalue weighted by Gasteiger charge is 2.05. The van der Waals surface area contributed by atoms with Gasteiger partial charge in [0.05, 0.1) is 0 Å². The van der Waals surface area contributed by atoms with Crippen LogP contribution < -0.4 is 5.73 Å². The van der Waals surface area contributed by atoms with E-state index in [0.717, 1.165) is 23.6 Å². The molecule has 1 aromatic carbocycles. The largest absolute Gasteiger partial charge is 0.399 e. The number of aromatic nitrogens is 2. The molecule has 0 saturated carbocycles. The number of benzene rings is 1. The molecule has 0 bridgehead atoms. The van der Waals surface area contributed by atoms with Crippen molar-refractivity contribution in [1.29, 1.82) is 0 Å². The summed E-state index contributed by atoms with van der Waals surface area (Å²) in [4.78, 5) is 4.43. The van der Waals surface area contributed by atoms with Gasteiger partial charge < -0.3 is 10.3 Å². The van der Waals surface area contributed by atoms with Crippen molar-refractivity contribution in [2.24, 2.45) is 0 Å². The fourth-order valence-corrected chi connectivity index (χ4v) is 2.14. The van der Waals surface area contributed by atoms with Gasteiger partial charge in [0.1, 0.15) is 5.82 Å². The van der Waals surface area contributed by atoms with Gasteiger partial charge in [-0.25, -0.2) is 4.98 Å². The number of nitrogen functional groups attached to an aromatic ring is 1. The molecule has 96 valence electrons. The molecule has 0 aliphatic carbocycles. The zero-order chi connectivity index (χ0) is 12.8. The molecule has 3 heteroatoms. The summed E-state index contributed by atoms with van der Waals surface area (Å²) in [6, 6.07) is 7.91. The quantitative estimate of drug-likeness (QED) is 0.621. The molecule has 2 rings (SSSR count). The maximum Gasteiger partial charge on any atom is 0.139 e. The Morgan fingerprint density at radius 2 is 2.11 bits per heavy atom. The third kappa shape index (κ3) is 3.13. The lowest BCUT2D eigenvalue weighted by Crippen LogP contribution is -2.00. The molecule has 1 aromatic heterocycles. The number of rotatable bonds is 6. The predicted molar refractivity (Wildman–Crippen MR) is 76.2 cm³/mol. The molecule has 0 aliphatic rings. The van der Waals surface area contributed by atoms with E-state index >= 15 is 0 Å². The minimum absolute atomic E-state index is 0.785. The standard InChI is InChI=1S/C15H21N3/c1-2-3-4-5-10-18-11-9-17-15(18)13-7-6-8-14(16)12-13/h6-9,11-12H,2-5,10,16H2,1H3. The van der Waals surface area contributed by atoms with E-state index in [-0.39, 0.29) is 0 Å². The van der Waals surface area contributed by atoms with Gasteiger partial charge in [-0.3, -0.25) is 0 Å². The first-order valence-electron chi connectivity index (χ1n) is 6.68. The van der Waals surface area contributed by atoms with Crippen molar-refractivity contribution in [2.75, 3.05) is 5.73 Å². The Balaban J connectivity index is 2.08. The summed E-state index contributed by atoms with van der Waals surface area (Å²) in [7, 11) is 0. The van der Waals surface area contributed by atoms with Gasteiger partial charge in [-0.1, -0.05) is 38.3 Å². The van der Waals surface area contributed by atoms with Gasteiger partial charge >= 0.3 is 0 Å². The van der Waals surface area contributed by atoms with Crippen LogP contribution in [-0.4, -0.2) is 9.55 Å². The molecule has 3 nitrogen and oxygen atoms in total. The smallest absolute Gasteiger partial charge is 0.139 e. The van der Waals surface area contributed by atoms with Crippen LogP contribution in [0.2, 0.25) is 0 Å². The molecule has 0 atom stereocenters. The molecule has 0 saturated heterocycles. The van der Waals surface area contributed by atoms with E-state index in [1.807, 2.05) is 30.6 Å².